The van der Waals surface area contributed by atoms with Crippen LogP contribution in [0.25, 0.3) is 0 Å². The van der Waals surface area contributed by atoms with Gasteiger partial charge in [0.15, 0.2) is 0 Å². The molecule has 194 valence electrons. The number of hydrogen-bond acceptors (Lipinski definition) is 7. The number of primary amides is 2. The van der Waals surface area contributed by atoms with E-state index in [1.807, 2.05) is 13.8 Å². The van der Waals surface area contributed by atoms with Crippen LogP contribution in [0.15, 0.2) is 0 Å². The number of rotatable bonds is 16. The van der Waals surface area contributed by atoms with Crippen molar-refractivity contribution < 1.29 is 33.9 Å². The van der Waals surface area contributed by atoms with Gasteiger partial charge < -0.3 is 38.3 Å². The van der Waals surface area contributed by atoms with E-state index in [2.05, 4.69) is 16.0 Å². The van der Waals surface area contributed by atoms with Crippen LogP contribution in [0, 0.1) is 11.8 Å². The predicted molar refractivity (Wildman–Crippen MR) is 123 cm³/mol. The Labute approximate surface area is 198 Å². The van der Waals surface area contributed by atoms with Crippen LogP contribution in [0.3, 0.4) is 0 Å². The van der Waals surface area contributed by atoms with Crippen LogP contribution >= 0.6 is 0 Å². The molecule has 10 N–H and O–H groups in total. The van der Waals surface area contributed by atoms with E-state index in [9.17, 15) is 33.9 Å². The lowest BCUT2D eigenvalue weighted by Gasteiger charge is -2.26. The van der Waals surface area contributed by atoms with Crippen LogP contribution in [-0.4, -0.2) is 64.8 Å². The highest BCUT2D eigenvalue weighted by Gasteiger charge is 2.31. The zero-order valence-corrected chi connectivity index (χ0v) is 20.1. The Morgan fingerprint density at radius 2 is 1.18 bits per heavy atom. The van der Waals surface area contributed by atoms with Gasteiger partial charge in [-0.3, -0.25) is 24.0 Å². The number of hydrogen-bond donors (Lipinski definition) is 7. The fourth-order valence-electron chi connectivity index (χ4n) is 3.10. The van der Waals surface area contributed by atoms with Crippen LogP contribution in [0.1, 0.15) is 59.8 Å². The lowest BCUT2D eigenvalue weighted by Crippen LogP contribution is -2.57. The summed E-state index contributed by atoms with van der Waals surface area (Å²) >= 11 is 0. The molecular weight excluding hydrogens is 448 g/mol. The van der Waals surface area contributed by atoms with Gasteiger partial charge in [-0.1, -0.05) is 27.7 Å². The van der Waals surface area contributed by atoms with Gasteiger partial charge in [-0.05, 0) is 31.1 Å². The summed E-state index contributed by atoms with van der Waals surface area (Å²) in [6, 6.07) is -4.85. The molecule has 0 aliphatic heterocycles. The number of carbonyl (C=O) groups excluding carboxylic acids is 5. The van der Waals surface area contributed by atoms with Crippen molar-refractivity contribution >= 4 is 35.5 Å². The number of amides is 5. The summed E-state index contributed by atoms with van der Waals surface area (Å²) in [6.07, 6.45) is -0.474. The fraction of sp³-hybridized carbons (Fsp3) is 0.714. The second-order valence-electron chi connectivity index (χ2n) is 9.06. The summed E-state index contributed by atoms with van der Waals surface area (Å²) in [4.78, 5) is 71.8. The third-order valence-corrected chi connectivity index (χ3v) is 4.73. The molecule has 0 saturated heterocycles. The Balaban J connectivity index is 5.58. The van der Waals surface area contributed by atoms with Crippen molar-refractivity contribution in [2.24, 2.45) is 29.0 Å². The molecule has 4 unspecified atom stereocenters. The molecule has 4 atom stereocenters. The maximum Gasteiger partial charge on any atom is 0.326 e. The lowest BCUT2D eigenvalue weighted by atomic mass is 10.0. The molecule has 0 rings (SSSR count). The van der Waals surface area contributed by atoms with E-state index in [4.69, 9.17) is 17.2 Å². The van der Waals surface area contributed by atoms with E-state index in [0.717, 1.165) is 0 Å². The van der Waals surface area contributed by atoms with Gasteiger partial charge in [0.25, 0.3) is 0 Å². The molecule has 0 spiro atoms. The van der Waals surface area contributed by atoms with Gasteiger partial charge >= 0.3 is 5.97 Å². The first-order valence-electron chi connectivity index (χ1n) is 11.1. The maximum absolute atomic E-state index is 12.9. The molecule has 0 heterocycles. The lowest BCUT2D eigenvalue weighted by molar-refractivity contribution is -0.144. The summed E-state index contributed by atoms with van der Waals surface area (Å²) < 4.78 is 0. The molecule has 13 heteroatoms. The quantitative estimate of drug-likeness (QED) is 0.129. The van der Waals surface area contributed by atoms with Gasteiger partial charge in [0, 0.05) is 6.42 Å². The van der Waals surface area contributed by atoms with Crippen molar-refractivity contribution in [2.45, 2.75) is 84.0 Å². The number of carboxylic acids is 1. The molecule has 0 bridgehead atoms. The zero-order valence-electron chi connectivity index (χ0n) is 20.1. The van der Waals surface area contributed by atoms with E-state index in [-0.39, 0.29) is 31.1 Å². The molecule has 0 fully saturated rings. The van der Waals surface area contributed by atoms with Gasteiger partial charge in [0.1, 0.15) is 18.1 Å². The molecular formula is C21H38N6O7. The highest BCUT2D eigenvalue weighted by atomic mass is 16.4. The predicted octanol–water partition coefficient (Wildman–Crippen LogP) is -1.91. The Kier molecular flexibility index (Phi) is 13.4. The number of carboxylic acid groups (broad SMARTS) is 1. The SMILES string of the molecule is CC(C)CC(N)C(=O)NC(CCC(N)=O)C(=O)NC(CC(C)C)C(=O)NC(CC(N)=O)C(=O)O. The van der Waals surface area contributed by atoms with Crippen molar-refractivity contribution in [1.82, 2.24) is 16.0 Å². The third-order valence-electron chi connectivity index (χ3n) is 4.73. The molecule has 0 aromatic rings. The standard InChI is InChI=1S/C21H38N6O7/c1-10(2)7-12(22)18(30)25-13(5-6-16(23)28)19(31)26-14(8-11(3)4)20(32)27-15(21(33)34)9-17(24)29/h10-15H,5-9,22H2,1-4H3,(H2,23,28)(H2,24,29)(H,25,30)(H,26,31)(H,27,32)(H,33,34). The Bertz CT molecular complexity index is 756. The molecule has 5 amide bonds. The number of aliphatic carboxylic acids is 1. The average molecular weight is 487 g/mol. The van der Waals surface area contributed by atoms with E-state index < -0.39 is 66.1 Å². The Morgan fingerprint density at radius 1 is 0.706 bits per heavy atom. The van der Waals surface area contributed by atoms with E-state index in [1.165, 1.54) is 0 Å². The van der Waals surface area contributed by atoms with Crippen LogP contribution < -0.4 is 33.2 Å². The first-order chi connectivity index (χ1) is 15.6. The largest absolute Gasteiger partial charge is 0.480 e. The Morgan fingerprint density at radius 3 is 1.62 bits per heavy atom. The maximum atomic E-state index is 12.9. The molecule has 0 aromatic carbocycles. The number of nitrogens with two attached hydrogens (primary N) is 3. The molecule has 0 aliphatic rings. The van der Waals surface area contributed by atoms with Crippen molar-refractivity contribution in [3.05, 3.63) is 0 Å². The average Bonchev–Trinajstić information content (AvgIpc) is 2.68. The molecule has 0 saturated carbocycles. The van der Waals surface area contributed by atoms with Gasteiger partial charge in [-0.2, -0.15) is 0 Å². The third kappa shape index (κ3) is 12.7. The van der Waals surface area contributed by atoms with Crippen LogP contribution in [-0.2, 0) is 28.8 Å². The van der Waals surface area contributed by atoms with Crippen molar-refractivity contribution in [2.75, 3.05) is 0 Å². The molecule has 0 aromatic heterocycles. The number of nitrogens with one attached hydrogen (secondary N) is 3. The zero-order chi connectivity index (χ0) is 26.6. The highest BCUT2D eigenvalue weighted by Crippen LogP contribution is 2.09. The number of carbonyl (C=O) groups is 6. The summed E-state index contributed by atoms with van der Waals surface area (Å²) in [5.41, 5.74) is 16.1. The monoisotopic (exact) mass is 486 g/mol. The first kappa shape index (κ1) is 30.8. The molecule has 34 heavy (non-hydrogen) atoms. The van der Waals surface area contributed by atoms with Gasteiger partial charge in [-0.25, -0.2) is 4.79 Å². The minimum atomic E-state index is -1.57. The van der Waals surface area contributed by atoms with E-state index in [0.29, 0.717) is 6.42 Å². The minimum absolute atomic E-state index is 0.0893. The minimum Gasteiger partial charge on any atom is -0.480 e. The molecule has 0 aliphatic carbocycles. The summed E-state index contributed by atoms with van der Waals surface area (Å²) in [5.74, 6) is -5.26. The van der Waals surface area contributed by atoms with Crippen molar-refractivity contribution in [1.29, 1.82) is 0 Å². The smallest absolute Gasteiger partial charge is 0.326 e. The molecule has 0 radical (unpaired) electrons. The van der Waals surface area contributed by atoms with E-state index in [1.54, 1.807) is 13.8 Å². The Hall–Kier alpha value is -3.22. The molecule has 13 nitrogen and oxygen atoms in total. The summed E-state index contributed by atoms with van der Waals surface area (Å²) in [6.45, 7) is 7.31. The van der Waals surface area contributed by atoms with Crippen molar-refractivity contribution in [3.63, 3.8) is 0 Å². The topological polar surface area (TPSA) is 237 Å². The normalized spacial score (nSPS) is 14.6. The summed E-state index contributed by atoms with van der Waals surface area (Å²) in [7, 11) is 0. The summed E-state index contributed by atoms with van der Waals surface area (Å²) in [5, 5.41) is 16.4. The fourth-order valence-corrected chi connectivity index (χ4v) is 3.10. The van der Waals surface area contributed by atoms with Gasteiger partial charge in [0.05, 0.1) is 12.5 Å². The van der Waals surface area contributed by atoms with E-state index >= 15 is 0 Å². The van der Waals surface area contributed by atoms with Crippen molar-refractivity contribution in [3.8, 4) is 0 Å². The highest BCUT2D eigenvalue weighted by molar-refractivity contribution is 5.95. The first-order valence-corrected chi connectivity index (χ1v) is 11.1. The van der Waals surface area contributed by atoms with Crippen LogP contribution in [0.4, 0.5) is 0 Å². The van der Waals surface area contributed by atoms with Gasteiger partial charge in [0.2, 0.25) is 29.5 Å². The second kappa shape index (κ2) is 14.8. The second-order valence-corrected chi connectivity index (χ2v) is 9.06. The van der Waals surface area contributed by atoms with Crippen LogP contribution in [0.5, 0.6) is 0 Å². The van der Waals surface area contributed by atoms with Gasteiger partial charge in [-0.15, -0.1) is 0 Å². The van der Waals surface area contributed by atoms with Crippen LogP contribution in [0.2, 0.25) is 0 Å².